The number of morpholine rings is 1. The van der Waals surface area contributed by atoms with Crippen LogP contribution < -0.4 is 15.5 Å². The molecule has 28 heavy (non-hydrogen) atoms. The fraction of sp³-hybridized carbons (Fsp3) is 0.316. The second-order valence-corrected chi connectivity index (χ2v) is 8.57. The van der Waals surface area contributed by atoms with Crippen LogP contribution >= 0.6 is 35.2 Å². The molecule has 2 N–H and O–H groups in total. The average Bonchev–Trinajstić information content (AvgIpc) is 3.09. The van der Waals surface area contributed by atoms with Crippen molar-refractivity contribution in [3.05, 3.63) is 45.1 Å². The number of rotatable bonds is 5. The van der Waals surface area contributed by atoms with Gasteiger partial charge in [0.2, 0.25) is 5.91 Å². The minimum atomic E-state index is -0.694. The first kappa shape index (κ1) is 20.7. The van der Waals surface area contributed by atoms with Crippen LogP contribution in [-0.2, 0) is 9.53 Å². The first-order valence-electron chi connectivity index (χ1n) is 8.71. The Kier molecular flexibility index (Phi) is 6.66. The highest BCUT2D eigenvalue weighted by Crippen LogP contribution is 2.25. The fourth-order valence-corrected chi connectivity index (χ4v) is 4.05. The molecule has 0 aliphatic carbocycles. The highest BCUT2D eigenvalue weighted by molar-refractivity contribution is 7.80. The molecule has 1 saturated heterocycles. The van der Waals surface area contributed by atoms with Gasteiger partial charge >= 0.3 is 0 Å². The first-order valence-corrected chi connectivity index (χ1v) is 10.3. The van der Waals surface area contributed by atoms with E-state index >= 15 is 0 Å². The van der Waals surface area contributed by atoms with Crippen LogP contribution in [0.15, 0.2) is 30.3 Å². The van der Waals surface area contributed by atoms with Gasteiger partial charge in [-0.15, -0.1) is 11.3 Å². The number of thiophene rings is 1. The molecule has 0 radical (unpaired) electrons. The van der Waals surface area contributed by atoms with Gasteiger partial charge in [-0.3, -0.25) is 9.59 Å². The van der Waals surface area contributed by atoms with Crippen molar-refractivity contribution < 1.29 is 14.3 Å². The van der Waals surface area contributed by atoms with Crippen LogP contribution in [0.2, 0.25) is 4.34 Å². The van der Waals surface area contributed by atoms with E-state index in [1.165, 1.54) is 11.3 Å². The molecule has 148 valence electrons. The summed E-state index contributed by atoms with van der Waals surface area (Å²) in [4.78, 5) is 27.9. The molecule has 2 heterocycles. The maximum atomic E-state index is 12.4. The van der Waals surface area contributed by atoms with Crippen molar-refractivity contribution in [3.8, 4) is 0 Å². The Morgan fingerprint density at radius 2 is 2.11 bits per heavy atom. The van der Waals surface area contributed by atoms with Gasteiger partial charge in [-0.2, -0.15) is 0 Å². The molecular formula is C19H20ClN3O3S2. The van der Waals surface area contributed by atoms with Crippen molar-refractivity contribution in [1.29, 1.82) is 0 Å². The van der Waals surface area contributed by atoms with Crippen LogP contribution in [0.25, 0.3) is 0 Å². The third kappa shape index (κ3) is 4.88. The Hall–Kier alpha value is -2.00. The van der Waals surface area contributed by atoms with Crippen molar-refractivity contribution in [2.45, 2.75) is 19.9 Å². The number of thiocarbonyl (C=S) groups is 1. The maximum Gasteiger partial charge on any atom is 0.262 e. The summed E-state index contributed by atoms with van der Waals surface area (Å²) in [6.07, 6.45) is 0. The highest BCUT2D eigenvalue weighted by Gasteiger charge is 2.20. The number of carbonyl (C=O) groups excluding carboxylic acids is 2. The SMILES string of the molecule is Cc1cc(NC(=O)C(C)NC(=O)c2ccc(Cl)s2)ccc1N1CCOCC1=S. The van der Waals surface area contributed by atoms with Crippen LogP contribution in [0.3, 0.4) is 0 Å². The number of nitrogens with one attached hydrogen (secondary N) is 2. The average molecular weight is 438 g/mol. The fourth-order valence-electron chi connectivity index (χ4n) is 2.83. The summed E-state index contributed by atoms with van der Waals surface area (Å²) < 4.78 is 5.89. The summed E-state index contributed by atoms with van der Waals surface area (Å²) >= 11 is 12.4. The molecule has 1 aliphatic rings. The molecule has 0 saturated carbocycles. The zero-order chi connectivity index (χ0) is 20.3. The van der Waals surface area contributed by atoms with E-state index in [1.54, 1.807) is 19.1 Å². The number of nitrogens with zero attached hydrogens (tertiary/aromatic N) is 1. The number of halogens is 1. The molecule has 2 aromatic rings. The third-order valence-corrected chi connectivity index (χ3v) is 5.85. The molecular weight excluding hydrogens is 418 g/mol. The molecule has 1 aromatic heterocycles. The van der Waals surface area contributed by atoms with Crippen LogP contribution in [0.4, 0.5) is 11.4 Å². The Morgan fingerprint density at radius 3 is 2.75 bits per heavy atom. The van der Waals surface area contributed by atoms with Gasteiger partial charge in [-0.25, -0.2) is 0 Å². The molecule has 0 spiro atoms. The molecule has 9 heteroatoms. The number of benzene rings is 1. The lowest BCUT2D eigenvalue weighted by Gasteiger charge is -2.30. The molecule has 1 aromatic carbocycles. The smallest absolute Gasteiger partial charge is 0.262 e. The number of ether oxygens (including phenoxy) is 1. The van der Waals surface area contributed by atoms with Gasteiger partial charge in [-0.05, 0) is 49.7 Å². The largest absolute Gasteiger partial charge is 0.372 e. The predicted octanol–water partition coefficient (Wildman–Crippen LogP) is 3.63. The number of amides is 2. The van der Waals surface area contributed by atoms with Crippen LogP contribution in [0.5, 0.6) is 0 Å². The lowest BCUT2D eigenvalue weighted by atomic mass is 10.1. The number of anilines is 2. The van der Waals surface area contributed by atoms with E-state index in [1.807, 2.05) is 25.1 Å². The van der Waals surface area contributed by atoms with E-state index in [0.717, 1.165) is 16.2 Å². The van der Waals surface area contributed by atoms with Gasteiger partial charge in [-0.1, -0.05) is 23.8 Å². The van der Waals surface area contributed by atoms with E-state index in [-0.39, 0.29) is 11.8 Å². The molecule has 1 aliphatic heterocycles. The van der Waals surface area contributed by atoms with Gasteiger partial charge in [0.05, 0.1) is 22.4 Å². The Bertz CT molecular complexity index is 916. The minimum absolute atomic E-state index is 0.301. The normalized spacial score (nSPS) is 15.2. The van der Waals surface area contributed by atoms with Crippen LogP contribution in [-0.4, -0.2) is 42.6 Å². The number of aryl methyl sites for hydroxylation is 1. The van der Waals surface area contributed by atoms with E-state index in [2.05, 4.69) is 15.5 Å². The van der Waals surface area contributed by atoms with Crippen molar-refractivity contribution in [2.75, 3.05) is 30.0 Å². The zero-order valence-corrected chi connectivity index (χ0v) is 17.8. The van der Waals surface area contributed by atoms with Gasteiger partial charge < -0.3 is 20.3 Å². The lowest BCUT2D eigenvalue weighted by molar-refractivity contribution is -0.117. The van der Waals surface area contributed by atoms with Crippen LogP contribution in [0, 0.1) is 6.92 Å². The molecule has 1 unspecified atom stereocenters. The summed E-state index contributed by atoms with van der Waals surface area (Å²) in [6.45, 7) is 5.39. The van der Waals surface area contributed by atoms with E-state index < -0.39 is 6.04 Å². The zero-order valence-electron chi connectivity index (χ0n) is 15.5. The summed E-state index contributed by atoms with van der Waals surface area (Å²) in [5.74, 6) is -0.628. The highest BCUT2D eigenvalue weighted by atomic mass is 35.5. The van der Waals surface area contributed by atoms with Crippen molar-refractivity contribution >= 4 is 63.3 Å². The molecule has 3 rings (SSSR count). The first-order chi connectivity index (χ1) is 13.3. The number of carbonyl (C=O) groups is 2. The topological polar surface area (TPSA) is 70.7 Å². The van der Waals surface area contributed by atoms with Gasteiger partial charge in [0, 0.05) is 17.9 Å². The Morgan fingerprint density at radius 1 is 1.32 bits per heavy atom. The van der Waals surface area contributed by atoms with Gasteiger partial charge in [0.25, 0.3) is 5.91 Å². The van der Waals surface area contributed by atoms with E-state index in [4.69, 9.17) is 28.6 Å². The van der Waals surface area contributed by atoms with E-state index in [0.29, 0.717) is 34.7 Å². The standard InChI is InChI=1S/C19H20ClN3O3S2/c1-11-9-13(3-4-14(11)23-7-8-26-10-17(23)27)22-18(24)12(2)21-19(25)15-5-6-16(20)28-15/h3-6,9,12H,7-8,10H2,1-2H3,(H,21,25)(H,22,24). The van der Waals surface area contributed by atoms with E-state index in [9.17, 15) is 9.59 Å². The molecule has 1 fully saturated rings. The second-order valence-electron chi connectivity index (χ2n) is 6.39. The Labute approximate surface area is 177 Å². The van der Waals surface area contributed by atoms with Gasteiger partial charge in [0.15, 0.2) is 0 Å². The van der Waals surface area contributed by atoms with Crippen LogP contribution in [0.1, 0.15) is 22.2 Å². The maximum absolute atomic E-state index is 12.4. The van der Waals surface area contributed by atoms with Crippen molar-refractivity contribution in [3.63, 3.8) is 0 Å². The molecule has 0 bridgehead atoms. The summed E-state index contributed by atoms with van der Waals surface area (Å²) in [5.41, 5.74) is 2.65. The summed E-state index contributed by atoms with van der Waals surface area (Å²) in [7, 11) is 0. The molecule has 2 amide bonds. The molecule has 6 nitrogen and oxygen atoms in total. The van der Waals surface area contributed by atoms with Crippen molar-refractivity contribution in [1.82, 2.24) is 5.32 Å². The van der Waals surface area contributed by atoms with Gasteiger partial charge in [0.1, 0.15) is 11.0 Å². The number of hydrogen-bond donors (Lipinski definition) is 2. The monoisotopic (exact) mass is 437 g/mol. The lowest BCUT2D eigenvalue weighted by Crippen LogP contribution is -2.41. The summed E-state index contributed by atoms with van der Waals surface area (Å²) in [6, 6.07) is 8.23. The number of hydrogen-bond acceptors (Lipinski definition) is 5. The minimum Gasteiger partial charge on any atom is -0.372 e. The van der Waals surface area contributed by atoms with Crippen molar-refractivity contribution in [2.24, 2.45) is 0 Å². The third-order valence-electron chi connectivity index (χ3n) is 4.28. The Balaban J connectivity index is 1.62. The molecule has 1 atom stereocenters. The quantitative estimate of drug-likeness (QED) is 0.699. The predicted molar refractivity (Wildman–Crippen MR) is 117 cm³/mol. The second kappa shape index (κ2) is 9.00. The summed E-state index contributed by atoms with van der Waals surface area (Å²) in [5, 5.41) is 5.51.